The maximum Gasteiger partial charge on any atom is 0.255 e. The zero-order valence-corrected chi connectivity index (χ0v) is 9.03. The minimum absolute atomic E-state index is 0.120. The number of rotatable bonds is 2. The number of amides is 1. The fraction of sp³-hybridized carbons (Fsp3) is 0.167. The monoisotopic (exact) mass is 215 g/mol. The second kappa shape index (κ2) is 4.61. The first kappa shape index (κ1) is 10.4. The third-order valence-electron chi connectivity index (χ3n) is 2.21. The maximum atomic E-state index is 11.8. The lowest BCUT2D eigenvalue weighted by atomic mass is 10.1. The van der Waals surface area contributed by atoms with Crippen LogP contribution < -0.4 is 10.6 Å². The number of carbonyl (C=O) groups excluding carboxylic acids is 1. The first-order valence-electron chi connectivity index (χ1n) is 5.07. The zero-order valence-electron chi connectivity index (χ0n) is 9.03. The van der Waals surface area contributed by atoms with Crippen LogP contribution >= 0.6 is 0 Å². The first-order chi connectivity index (χ1) is 7.75. The summed E-state index contributed by atoms with van der Waals surface area (Å²) in [5.74, 6) is -0.120. The van der Waals surface area contributed by atoms with Gasteiger partial charge < -0.3 is 10.6 Å². The van der Waals surface area contributed by atoms with Crippen molar-refractivity contribution in [3.8, 4) is 0 Å². The molecule has 0 spiro atoms. The Morgan fingerprint density at radius 2 is 2.38 bits per heavy atom. The van der Waals surface area contributed by atoms with Crippen LogP contribution in [0.2, 0.25) is 0 Å². The van der Waals surface area contributed by atoms with Gasteiger partial charge in [0.1, 0.15) is 6.67 Å². The molecule has 1 aliphatic heterocycles. The van der Waals surface area contributed by atoms with E-state index in [-0.39, 0.29) is 5.91 Å². The Bertz CT molecular complexity index is 463. The van der Waals surface area contributed by atoms with E-state index in [1.165, 1.54) is 0 Å². The van der Waals surface area contributed by atoms with Crippen molar-refractivity contribution < 1.29 is 4.79 Å². The van der Waals surface area contributed by atoms with Crippen molar-refractivity contribution in [3.63, 3.8) is 0 Å². The third kappa shape index (κ3) is 2.48. The molecule has 0 radical (unpaired) electrons. The molecule has 1 aromatic rings. The van der Waals surface area contributed by atoms with E-state index in [0.29, 0.717) is 17.9 Å². The van der Waals surface area contributed by atoms with Crippen LogP contribution in [-0.4, -0.2) is 18.8 Å². The van der Waals surface area contributed by atoms with Gasteiger partial charge in [-0.25, -0.2) is 0 Å². The summed E-state index contributed by atoms with van der Waals surface area (Å²) >= 11 is 0. The van der Waals surface area contributed by atoms with Gasteiger partial charge in [-0.1, -0.05) is 17.7 Å². The number of hydrogen-bond donors (Lipinski definition) is 2. The molecule has 0 unspecified atom stereocenters. The van der Waals surface area contributed by atoms with Gasteiger partial charge in [-0.3, -0.25) is 9.79 Å². The van der Waals surface area contributed by atoms with E-state index >= 15 is 0 Å². The van der Waals surface area contributed by atoms with E-state index in [9.17, 15) is 4.79 Å². The van der Waals surface area contributed by atoms with Crippen LogP contribution in [0.3, 0.4) is 0 Å². The molecule has 1 aromatic carbocycles. The van der Waals surface area contributed by atoms with Crippen LogP contribution in [0.15, 0.2) is 41.2 Å². The van der Waals surface area contributed by atoms with Crippen molar-refractivity contribution in [2.24, 2.45) is 4.99 Å². The Labute approximate surface area is 94.1 Å². The van der Waals surface area contributed by atoms with Gasteiger partial charge in [0.05, 0.1) is 5.70 Å². The summed E-state index contributed by atoms with van der Waals surface area (Å²) in [6.07, 6.45) is 3.38. The minimum atomic E-state index is -0.120. The molecule has 4 nitrogen and oxygen atoms in total. The fourth-order valence-electron chi connectivity index (χ4n) is 1.45. The molecule has 0 fully saturated rings. The summed E-state index contributed by atoms with van der Waals surface area (Å²) in [5.41, 5.74) is 2.40. The smallest absolute Gasteiger partial charge is 0.255 e. The number of nitrogens with one attached hydrogen (secondary N) is 2. The summed E-state index contributed by atoms with van der Waals surface area (Å²) in [7, 11) is 0. The van der Waals surface area contributed by atoms with E-state index in [1.54, 1.807) is 18.5 Å². The molecule has 0 saturated carbocycles. The van der Waals surface area contributed by atoms with Gasteiger partial charge in [0.25, 0.3) is 5.91 Å². The molecule has 1 aliphatic rings. The van der Waals surface area contributed by atoms with Crippen molar-refractivity contribution in [3.05, 3.63) is 47.3 Å². The van der Waals surface area contributed by atoms with Crippen molar-refractivity contribution in [1.82, 2.24) is 10.6 Å². The highest BCUT2D eigenvalue weighted by molar-refractivity contribution is 5.99. The highest BCUT2D eigenvalue weighted by Gasteiger charge is 2.07. The molecular formula is C12H13N3O. The van der Waals surface area contributed by atoms with Gasteiger partial charge in [0.15, 0.2) is 0 Å². The number of allylic oxidation sites excluding steroid dienone is 1. The van der Waals surface area contributed by atoms with Gasteiger partial charge in [0, 0.05) is 18.0 Å². The molecule has 0 aromatic heterocycles. The zero-order chi connectivity index (χ0) is 11.4. The summed E-state index contributed by atoms with van der Waals surface area (Å²) < 4.78 is 0. The Morgan fingerprint density at radius 1 is 1.50 bits per heavy atom. The number of benzene rings is 1. The molecule has 82 valence electrons. The molecular weight excluding hydrogens is 202 g/mol. The van der Waals surface area contributed by atoms with Gasteiger partial charge in [-0.2, -0.15) is 0 Å². The van der Waals surface area contributed by atoms with E-state index in [2.05, 4.69) is 15.6 Å². The quantitative estimate of drug-likeness (QED) is 0.778. The Hall–Kier alpha value is -2.10. The second-order valence-electron chi connectivity index (χ2n) is 3.60. The molecule has 2 rings (SSSR count). The molecule has 2 N–H and O–H groups in total. The molecule has 0 bridgehead atoms. The summed E-state index contributed by atoms with van der Waals surface area (Å²) in [6.45, 7) is 2.52. The Kier molecular flexibility index (Phi) is 3.00. The van der Waals surface area contributed by atoms with Gasteiger partial charge in [-0.05, 0) is 19.1 Å². The minimum Gasteiger partial charge on any atom is -0.371 e. The van der Waals surface area contributed by atoms with Crippen LogP contribution in [0.1, 0.15) is 15.9 Å². The van der Waals surface area contributed by atoms with Gasteiger partial charge in [0.2, 0.25) is 0 Å². The van der Waals surface area contributed by atoms with Crippen LogP contribution in [-0.2, 0) is 0 Å². The molecule has 0 saturated heterocycles. The maximum absolute atomic E-state index is 11.8. The van der Waals surface area contributed by atoms with E-state index in [4.69, 9.17) is 0 Å². The number of carbonyl (C=O) groups is 1. The Morgan fingerprint density at radius 3 is 3.06 bits per heavy atom. The topological polar surface area (TPSA) is 53.5 Å². The predicted molar refractivity (Wildman–Crippen MR) is 63.2 cm³/mol. The second-order valence-corrected chi connectivity index (χ2v) is 3.60. The Balaban J connectivity index is 2.08. The van der Waals surface area contributed by atoms with Crippen LogP contribution in [0.4, 0.5) is 0 Å². The summed E-state index contributed by atoms with van der Waals surface area (Å²) in [4.78, 5) is 15.8. The van der Waals surface area contributed by atoms with Gasteiger partial charge >= 0.3 is 0 Å². The van der Waals surface area contributed by atoms with E-state index < -0.39 is 0 Å². The molecule has 1 heterocycles. The predicted octanol–water partition coefficient (Wildman–Crippen LogP) is 1.20. The number of nitrogens with zero attached hydrogens (tertiary/aromatic N) is 1. The lowest BCUT2D eigenvalue weighted by Crippen LogP contribution is -2.27. The van der Waals surface area contributed by atoms with Crippen molar-refractivity contribution in [1.29, 1.82) is 0 Å². The molecule has 0 atom stereocenters. The SMILES string of the molecule is Cc1cccc(C(=O)NC2=CNCN=C2)c1. The first-order valence-corrected chi connectivity index (χ1v) is 5.07. The largest absolute Gasteiger partial charge is 0.371 e. The molecule has 16 heavy (non-hydrogen) atoms. The summed E-state index contributed by atoms with van der Waals surface area (Å²) in [5, 5.41) is 5.70. The third-order valence-corrected chi connectivity index (χ3v) is 2.21. The van der Waals surface area contributed by atoms with Gasteiger partial charge in [-0.15, -0.1) is 0 Å². The van der Waals surface area contributed by atoms with E-state index in [1.807, 2.05) is 25.1 Å². The normalized spacial score (nSPS) is 13.9. The van der Waals surface area contributed by atoms with Crippen LogP contribution in [0, 0.1) is 6.92 Å². The highest BCUT2D eigenvalue weighted by Crippen LogP contribution is 2.04. The van der Waals surface area contributed by atoms with Crippen molar-refractivity contribution >= 4 is 12.1 Å². The average Bonchev–Trinajstić information content (AvgIpc) is 2.30. The molecule has 1 amide bonds. The van der Waals surface area contributed by atoms with E-state index in [0.717, 1.165) is 5.56 Å². The average molecular weight is 215 g/mol. The number of aliphatic imine (C=N–C) groups is 1. The lowest BCUT2D eigenvalue weighted by Gasteiger charge is -2.09. The van der Waals surface area contributed by atoms with Crippen LogP contribution in [0.25, 0.3) is 0 Å². The number of aryl methyl sites for hydroxylation is 1. The van der Waals surface area contributed by atoms with Crippen molar-refractivity contribution in [2.45, 2.75) is 6.92 Å². The lowest BCUT2D eigenvalue weighted by molar-refractivity contribution is 0.0967. The fourth-order valence-corrected chi connectivity index (χ4v) is 1.45. The van der Waals surface area contributed by atoms with Crippen molar-refractivity contribution in [2.75, 3.05) is 6.67 Å². The standard InChI is InChI=1S/C12H13N3O/c1-9-3-2-4-10(5-9)12(16)15-11-6-13-8-14-7-11/h2-7,13H,8H2,1H3,(H,15,16). The highest BCUT2D eigenvalue weighted by atomic mass is 16.1. The summed E-state index contributed by atoms with van der Waals surface area (Å²) in [6, 6.07) is 7.46. The molecule has 4 heteroatoms. The number of hydrogen-bond acceptors (Lipinski definition) is 3. The van der Waals surface area contributed by atoms with Crippen LogP contribution in [0.5, 0.6) is 0 Å². The molecule has 0 aliphatic carbocycles.